The number of aliphatic hydroxyl groups is 2. The first-order valence-corrected chi connectivity index (χ1v) is 5.63. The number of fused-ring (bicyclic) bond motifs is 2. The van der Waals surface area contributed by atoms with Crippen LogP contribution < -0.4 is 0 Å². The zero-order valence-electron chi connectivity index (χ0n) is 7.63. The number of aliphatic hydroxyl groups excluding tert-OH is 2. The van der Waals surface area contributed by atoms with Gasteiger partial charge in [-0.15, -0.1) is 0 Å². The molecule has 4 saturated carbocycles. The number of hydrogen-bond donors (Lipinski definition) is 2. The third-order valence-electron chi connectivity index (χ3n) is 5.54. The molecule has 0 aliphatic heterocycles. The summed E-state index contributed by atoms with van der Waals surface area (Å²) < 4.78 is 0. The van der Waals surface area contributed by atoms with Crippen LogP contribution in [0.3, 0.4) is 0 Å². The van der Waals surface area contributed by atoms with Crippen LogP contribution in [0.2, 0.25) is 0 Å². The average Bonchev–Trinajstić information content (AvgIpc) is 2.67. The minimum Gasteiger partial charge on any atom is -0.393 e. The second-order valence-corrected chi connectivity index (χ2v) is 5.65. The van der Waals surface area contributed by atoms with Crippen LogP contribution in [-0.2, 0) is 0 Å². The Hall–Kier alpha value is -0.0800. The van der Waals surface area contributed by atoms with Crippen LogP contribution >= 0.6 is 0 Å². The van der Waals surface area contributed by atoms with Gasteiger partial charge in [-0.05, 0) is 54.8 Å². The molecule has 0 unspecified atom stereocenters. The predicted molar refractivity (Wildman–Crippen MR) is 46.8 cm³/mol. The van der Waals surface area contributed by atoms with Gasteiger partial charge in [0.15, 0.2) is 0 Å². The van der Waals surface area contributed by atoms with Crippen molar-refractivity contribution in [1.82, 2.24) is 0 Å². The third kappa shape index (κ3) is 0.608. The highest BCUT2D eigenvalue weighted by atomic mass is 16.3. The van der Waals surface area contributed by atoms with Gasteiger partial charge in [0.25, 0.3) is 0 Å². The summed E-state index contributed by atoms with van der Waals surface area (Å²) in [6.07, 6.45) is 3.24. The summed E-state index contributed by atoms with van der Waals surface area (Å²) in [5, 5.41) is 19.9. The lowest BCUT2D eigenvalue weighted by Gasteiger charge is -2.27. The van der Waals surface area contributed by atoms with E-state index in [1.807, 2.05) is 0 Å². The van der Waals surface area contributed by atoms with Gasteiger partial charge in [-0.3, -0.25) is 0 Å². The molecule has 8 atom stereocenters. The van der Waals surface area contributed by atoms with Gasteiger partial charge in [0.05, 0.1) is 12.2 Å². The lowest BCUT2D eigenvalue weighted by molar-refractivity contribution is 0.0365. The molecule has 2 nitrogen and oxygen atoms in total. The molecule has 2 heteroatoms. The van der Waals surface area contributed by atoms with Gasteiger partial charge in [-0.1, -0.05) is 0 Å². The molecule has 4 aliphatic carbocycles. The second-order valence-electron chi connectivity index (χ2n) is 5.65. The van der Waals surface area contributed by atoms with Crippen molar-refractivity contribution < 1.29 is 10.2 Å². The van der Waals surface area contributed by atoms with Crippen LogP contribution in [0.15, 0.2) is 0 Å². The van der Waals surface area contributed by atoms with Gasteiger partial charge in [0, 0.05) is 0 Å². The van der Waals surface area contributed by atoms with Crippen LogP contribution in [0.4, 0.5) is 0 Å². The van der Waals surface area contributed by atoms with Crippen molar-refractivity contribution in [3.8, 4) is 0 Å². The predicted octanol–water partition coefficient (Wildman–Crippen LogP) is 0.630. The van der Waals surface area contributed by atoms with E-state index < -0.39 is 0 Å². The van der Waals surface area contributed by atoms with E-state index in [0.29, 0.717) is 11.8 Å². The highest BCUT2D eigenvalue weighted by Gasteiger charge is 2.68. The van der Waals surface area contributed by atoms with Gasteiger partial charge in [0.2, 0.25) is 0 Å². The summed E-state index contributed by atoms with van der Waals surface area (Å²) in [7, 11) is 0. The Labute approximate surface area is 78.0 Å². The highest BCUT2D eigenvalue weighted by molar-refractivity contribution is 5.17. The fourth-order valence-electron chi connectivity index (χ4n) is 5.41. The third-order valence-corrected chi connectivity index (χ3v) is 5.54. The molecule has 0 aromatic rings. The molecule has 72 valence electrons. The van der Waals surface area contributed by atoms with Crippen LogP contribution in [0.1, 0.15) is 19.3 Å². The molecule has 0 amide bonds. The van der Waals surface area contributed by atoms with Gasteiger partial charge < -0.3 is 10.2 Å². The van der Waals surface area contributed by atoms with Gasteiger partial charge in [-0.25, -0.2) is 0 Å². The van der Waals surface area contributed by atoms with Crippen molar-refractivity contribution in [1.29, 1.82) is 0 Å². The normalized spacial score (nSPS) is 72.5. The molecule has 0 saturated heterocycles. The van der Waals surface area contributed by atoms with Crippen molar-refractivity contribution in [2.24, 2.45) is 35.5 Å². The minimum atomic E-state index is -0.0788. The molecule has 4 aliphatic rings. The van der Waals surface area contributed by atoms with E-state index in [2.05, 4.69) is 0 Å². The average molecular weight is 180 g/mol. The second kappa shape index (κ2) is 1.96. The minimum absolute atomic E-state index is 0.0788. The molecule has 0 spiro atoms. The zero-order valence-corrected chi connectivity index (χ0v) is 7.63. The summed E-state index contributed by atoms with van der Waals surface area (Å²) in [5.74, 6) is 4.07. The maximum absolute atomic E-state index is 9.93. The summed E-state index contributed by atoms with van der Waals surface area (Å²) in [6.45, 7) is 0. The first kappa shape index (κ1) is 7.24. The van der Waals surface area contributed by atoms with Gasteiger partial charge in [0.1, 0.15) is 0 Å². The molecule has 2 N–H and O–H groups in total. The molecule has 2 bridgehead atoms. The number of rotatable bonds is 0. The Balaban J connectivity index is 1.86. The van der Waals surface area contributed by atoms with Crippen molar-refractivity contribution in [2.45, 2.75) is 31.5 Å². The van der Waals surface area contributed by atoms with Gasteiger partial charge in [-0.2, -0.15) is 0 Å². The fraction of sp³-hybridized carbons (Fsp3) is 1.00. The highest BCUT2D eigenvalue weighted by Crippen LogP contribution is 2.70. The van der Waals surface area contributed by atoms with Crippen molar-refractivity contribution in [2.75, 3.05) is 0 Å². The first-order valence-electron chi connectivity index (χ1n) is 5.63. The Morgan fingerprint density at radius 1 is 0.615 bits per heavy atom. The van der Waals surface area contributed by atoms with E-state index in [1.165, 1.54) is 6.42 Å². The molecule has 0 aromatic heterocycles. The van der Waals surface area contributed by atoms with E-state index in [4.69, 9.17) is 0 Å². The Morgan fingerprint density at radius 2 is 1.08 bits per heavy atom. The van der Waals surface area contributed by atoms with Gasteiger partial charge >= 0.3 is 0 Å². The molecule has 13 heavy (non-hydrogen) atoms. The van der Waals surface area contributed by atoms with Crippen LogP contribution in [0.25, 0.3) is 0 Å². The Kier molecular flexibility index (Phi) is 1.09. The van der Waals surface area contributed by atoms with E-state index in [1.54, 1.807) is 0 Å². The smallest absolute Gasteiger partial charge is 0.0577 e. The van der Waals surface area contributed by atoms with Crippen molar-refractivity contribution in [3.05, 3.63) is 0 Å². The maximum Gasteiger partial charge on any atom is 0.0577 e. The molecule has 0 radical (unpaired) electrons. The molecule has 4 fully saturated rings. The Bertz CT molecular complexity index is 235. The standard InChI is InChI=1S/C11H16O2/c12-8-2-4-5-3-9(13)11-7(5)1-6(4)10(8)11/h4-13H,1-3H2/t4-,5+,6-,7+,8-,9+,10+,11-. The van der Waals surface area contributed by atoms with Crippen LogP contribution in [0, 0.1) is 35.5 Å². The van der Waals surface area contributed by atoms with Crippen LogP contribution in [-0.4, -0.2) is 22.4 Å². The van der Waals surface area contributed by atoms with Crippen LogP contribution in [0.5, 0.6) is 0 Å². The molecular weight excluding hydrogens is 164 g/mol. The topological polar surface area (TPSA) is 40.5 Å². The summed E-state index contributed by atoms with van der Waals surface area (Å²) in [6, 6.07) is 0. The summed E-state index contributed by atoms with van der Waals surface area (Å²) >= 11 is 0. The SMILES string of the molecule is O[C@@H]1C[C@@H]2[C@@H]3C[C@H](O)[C@H]4[C@H]3C[C@H]2[C@H]41. The van der Waals surface area contributed by atoms with Crippen molar-refractivity contribution >= 4 is 0 Å². The van der Waals surface area contributed by atoms with E-state index in [9.17, 15) is 10.2 Å². The first-order chi connectivity index (χ1) is 6.27. The summed E-state index contributed by atoms with van der Waals surface area (Å²) in [5.41, 5.74) is 0. The van der Waals surface area contributed by atoms with Crippen molar-refractivity contribution in [3.63, 3.8) is 0 Å². The molecular formula is C11H16O2. The van der Waals surface area contributed by atoms with E-state index in [0.717, 1.165) is 36.5 Å². The maximum atomic E-state index is 9.93. The number of hydrogen-bond acceptors (Lipinski definition) is 2. The lowest BCUT2D eigenvalue weighted by Crippen LogP contribution is -2.30. The molecule has 0 heterocycles. The fourth-order valence-corrected chi connectivity index (χ4v) is 5.41. The van der Waals surface area contributed by atoms with E-state index >= 15 is 0 Å². The molecule has 0 aromatic carbocycles. The quantitative estimate of drug-likeness (QED) is 0.574. The zero-order chi connectivity index (χ0) is 8.74. The monoisotopic (exact) mass is 180 g/mol. The Morgan fingerprint density at radius 3 is 1.54 bits per heavy atom. The summed E-state index contributed by atoms with van der Waals surface area (Å²) in [4.78, 5) is 0. The largest absolute Gasteiger partial charge is 0.393 e. The van der Waals surface area contributed by atoms with E-state index in [-0.39, 0.29) is 12.2 Å². The molecule has 4 rings (SSSR count). The lowest BCUT2D eigenvalue weighted by atomic mass is 9.79.